The van der Waals surface area contributed by atoms with E-state index in [0.29, 0.717) is 18.2 Å². The van der Waals surface area contributed by atoms with Gasteiger partial charge in [0.25, 0.3) is 0 Å². The Bertz CT molecular complexity index is 135. The highest BCUT2D eigenvalue weighted by molar-refractivity contribution is 4.67. The zero-order valence-corrected chi connectivity index (χ0v) is 7.17. The number of rotatable bonds is 5. The highest BCUT2D eigenvalue weighted by Crippen LogP contribution is 2.16. The predicted molar refractivity (Wildman–Crippen MR) is 38.5 cm³/mol. The molecular weight excluding hydrogens is 193 g/mol. The summed E-state index contributed by atoms with van der Waals surface area (Å²) in [6, 6.07) is 0. The Hall–Kier alpha value is -0.390. The molecule has 0 aliphatic carbocycles. The van der Waals surface area contributed by atoms with Crippen molar-refractivity contribution in [3.63, 3.8) is 0 Å². The summed E-state index contributed by atoms with van der Waals surface area (Å²) < 4.78 is 59.4. The van der Waals surface area contributed by atoms with Crippen LogP contribution in [0.25, 0.3) is 0 Å². The van der Waals surface area contributed by atoms with E-state index in [4.69, 9.17) is 0 Å². The summed E-state index contributed by atoms with van der Waals surface area (Å²) in [6.45, 7) is 1.75. The summed E-state index contributed by atoms with van der Waals surface area (Å²) in [6.07, 6.45) is -8.81. The highest BCUT2D eigenvalue weighted by Gasteiger charge is 2.34. The zero-order chi connectivity index (χ0) is 10.5. The van der Waals surface area contributed by atoms with Gasteiger partial charge in [0.05, 0.1) is 0 Å². The number of halogens is 5. The summed E-state index contributed by atoms with van der Waals surface area (Å²) >= 11 is 0. The van der Waals surface area contributed by atoms with Crippen molar-refractivity contribution in [2.45, 2.75) is 45.0 Å². The quantitative estimate of drug-likeness (QED) is 0.537. The third-order valence-corrected chi connectivity index (χ3v) is 1.45. The molecule has 0 aliphatic heterocycles. The molecule has 0 amide bonds. The van der Waals surface area contributed by atoms with E-state index in [2.05, 4.69) is 0 Å². The molecule has 0 bridgehead atoms. The number of unbranched alkanes of at least 4 members (excludes halogenated alkanes) is 1. The van der Waals surface area contributed by atoms with E-state index in [0.717, 1.165) is 0 Å². The van der Waals surface area contributed by atoms with Gasteiger partial charge in [-0.3, -0.25) is 0 Å². The van der Waals surface area contributed by atoms with Crippen molar-refractivity contribution in [2.24, 2.45) is 0 Å². The summed E-state index contributed by atoms with van der Waals surface area (Å²) in [5, 5.41) is 0.586. The standard InChI is InChI=1S/C7H12F5N/c1-2-3-4-5(8)6(9)13-7(10,11)12/h5-6,13H,2-4H2,1H3. The van der Waals surface area contributed by atoms with Crippen LogP contribution in [-0.2, 0) is 0 Å². The average Bonchev–Trinajstić information content (AvgIpc) is 1.96. The maximum absolute atomic E-state index is 12.6. The van der Waals surface area contributed by atoms with Crippen molar-refractivity contribution >= 4 is 0 Å². The Labute approximate surface area is 73.3 Å². The first-order valence-corrected chi connectivity index (χ1v) is 3.99. The van der Waals surface area contributed by atoms with Crippen LogP contribution in [0.15, 0.2) is 0 Å². The minimum Gasteiger partial charge on any atom is -0.243 e. The van der Waals surface area contributed by atoms with Crippen molar-refractivity contribution in [1.29, 1.82) is 0 Å². The van der Waals surface area contributed by atoms with E-state index in [1.807, 2.05) is 0 Å². The molecule has 80 valence electrons. The maximum Gasteiger partial charge on any atom is 0.459 e. The molecule has 6 heteroatoms. The molecule has 1 nitrogen and oxygen atoms in total. The lowest BCUT2D eigenvalue weighted by molar-refractivity contribution is -0.179. The van der Waals surface area contributed by atoms with E-state index < -0.39 is 18.8 Å². The van der Waals surface area contributed by atoms with Crippen LogP contribution < -0.4 is 5.32 Å². The second-order valence-corrected chi connectivity index (χ2v) is 2.70. The van der Waals surface area contributed by atoms with E-state index in [1.165, 1.54) is 0 Å². The minimum absolute atomic E-state index is 0.194. The fourth-order valence-corrected chi connectivity index (χ4v) is 0.792. The Balaban J connectivity index is 3.75. The molecular formula is C7H12F5N. The molecule has 0 aromatic rings. The topological polar surface area (TPSA) is 12.0 Å². The Kier molecular flexibility index (Phi) is 5.20. The molecule has 2 unspecified atom stereocenters. The fourth-order valence-electron chi connectivity index (χ4n) is 0.792. The van der Waals surface area contributed by atoms with E-state index in [-0.39, 0.29) is 6.42 Å². The Morgan fingerprint density at radius 1 is 1.23 bits per heavy atom. The predicted octanol–water partition coefficient (Wildman–Crippen LogP) is 2.92. The molecule has 0 saturated heterocycles. The van der Waals surface area contributed by atoms with E-state index in [1.54, 1.807) is 6.92 Å². The van der Waals surface area contributed by atoms with Crippen molar-refractivity contribution in [2.75, 3.05) is 0 Å². The van der Waals surface area contributed by atoms with Gasteiger partial charge in [-0.1, -0.05) is 19.8 Å². The van der Waals surface area contributed by atoms with Crippen molar-refractivity contribution < 1.29 is 22.0 Å². The SMILES string of the molecule is CCCCC(F)C(F)NC(F)(F)F. The van der Waals surface area contributed by atoms with Crippen LogP contribution in [0.2, 0.25) is 0 Å². The van der Waals surface area contributed by atoms with Gasteiger partial charge in [-0.2, -0.15) is 18.5 Å². The first-order valence-electron chi connectivity index (χ1n) is 3.99. The lowest BCUT2D eigenvalue weighted by Gasteiger charge is -2.16. The molecule has 0 fully saturated rings. The van der Waals surface area contributed by atoms with Gasteiger partial charge in [0, 0.05) is 0 Å². The van der Waals surface area contributed by atoms with Crippen LogP contribution >= 0.6 is 0 Å². The molecule has 2 atom stereocenters. The fraction of sp³-hybridized carbons (Fsp3) is 1.00. The molecule has 13 heavy (non-hydrogen) atoms. The van der Waals surface area contributed by atoms with Gasteiger partial charge in [0.1, 0.15) is 6.17 Å². The molecule has 0 aromatic heterocycles. The van der Waals surface area contributed by atoms with E-state index >= 15 is 0 Å². The van der Waals surface area contributed by atoms with Crippen LogP contribution in [0.5, 0.6) is 0 Å². The summed E-state index contributed by atoms with van der Waals surface area (Å²) in [7, 11) is 0. The van der Waals surface area contributed by atoms with Crippen LogP contribution in [0, 0.1) is 0 Å². The number of alkyl halides is 5. The largest absolute Gasteiger partial charge is 0.459 e. The molecule has 0 rings (SSSR count). The Morgan fingerprint density at radius 2 is 1.77 bits per heavy atom. The van der Waals surface area contributed by atoms with Gasteiger partial charge >= 0.3 is 6.30 Å². The van der Waals surface area contributed by atoms with E-state index in [9.17, 15) is 22.0 Å². The highest BCUT2D eigenvalue weighted by atomic mass is 19.4. The third-order valence-electron chi connectivity index (χ3n) is 1.45. The second-order valence-electron chi connectivity index (χ2n) is 2.70. The molecule has 0 aliphatic rings. The van der Waals surface area contributed by atoms with Crippen molar-refractivity contribution in [3.8, 4) is 0 Å². The second kappa shape index (κ2) is 5.36. The van der Waals surface area contributed by atoms with Crippen molar-refractivity contribution in [3.05, 3.63) is 0 Å². The monoisotopic (exact) mass is 205 g/mol. The first kappa shape index (κ1) is 12.6. The van der Waals surface area contributed by atoms with Crippen LogP contribution in [0.4, 0.5) is 22.0 Å². The summed E-state index contributed by atoms with van der Waals surface area (Å²) in [5.74, 6) is 0. The normalized spacial score (nSPS) is 17.1. The molecule has 0 spiro atoms. The minimum atomic E-state index is -4.87. The maximum atomic E-state index is 12.6. The lowest BCUT2D eigenvalue weighted by atomic mass is 10.2. The lowest BCUT2D eigenvalue weighted by Crippen LogP contribution is -2.43. The van der Waals surface area contributed by atoms with Gasteiger partial charge in [-0.25, -0.2) is 8.78 Å². The van der Waals surface area contributed by atoms with Gasteiger partial charge in [0.2, 0.25) is 0 Å². The molecule has 0 radical (unpaired) electrons. The van der Waals surface area contributed by atoms with Crippen LogP contribution in [-0.4, -0.2) is 18.8 Å². The number of nitrogens with one attached hydrogen (secondary N) is 1. The average molecular weight is 205 g/mol. The number of hydrogen-bond donors (Lipinski definition) is 1. The summed E-state index contributed by atoms with van der Waals surface area (Å²) in [5.41, 5.74) is 0. The van der Waals surface area contributed by atoms with Gasteiger partial charge < -0.3 is 0 Å². The van der Waals surface area contributed by atoms with Crippen molar-refractivity contribution in [1.82, 2.24) is 5.32 Å². The Morgan fingerprint density at radius 3 is 2.15 bits per heavy atom. The smallest absolute Gasteiger partial charge is 0.243 e. The van der Waals surface area contributed by atoms with Gasteiger partial charge in [0.15, 0.2) is 6.30 Å². The summed E-state index contributed by atoms with van der Waals surface area (Å²) in [4.78, 5) is 0. The zero-order valence-electron chi connectivity index (χ0n) is 7.17. The first-order chi connectivity index (χ1) is 5.87. The number of hydrogen-bond acceptors (Lipinski definition) is 1. The molecule has 0 aromatic carbocycles. The van der Waals surface area contributed by atoms with Gasteiger partial charge in [-0.15, -0.1) is 0 Å². The molecule has 0 heterocycles. The third kappa shape index (κ3) is 6.74. The van der Waals surface area contributed by atoms with Crippen LogP contribution in [0.3, 0.4) is 0 Å². The molecule has 0 saturated carbocycles. The van der Waals surface area contributed by atoms with Crippen LogP contribution in [0.1, 0.15) is 26.2 Å². The van der Waals surface area contributed by atoms with Gasteiger partial charge in [-0.05, 0) is 6.42 Å². The molecule has 1 N–H and O–H groups in total.